The van der Waals surface area contributed by atoms with Crippen molar-refractivity contribution >= 4 is 17.8 Å². The summed E-state index contributed by atoms with van der Waals surface area (Å²) in [6.45, 7) is 11.6. The summed E-state index contributed by atoms with van der Waals surface area (Å²) in [6.07, 6.45) is 0.802. The highest BCUT2D eigenvalue weighted by Gasteiger charge is 2.28. The molecule has 0 saturated carbocycles. The van der Waals surface area contributed by atoms with Crippen molar-refractivity contribution in [3.8, 4) is 11.1 Å². The molecule has 2 amide bonds. The van der Waals surface area contributed by atoms with Gasteiger partial charge >= 0.3 is 5.97 Å². The van der Waals surface area contributed by atoms with Crippen molar-refractivity contribution < 1.29 is 24.6 Å². The normalized spacial score (nSPS) is 13.5. The van der Waals surface area contributed by atoms with Gasteiger partial charge in [-0.1, -0.05) is 64.1 Å². The number of carbonyl (C=O) groups is 3. The van der Waals surface area contributed by atoms with Crippen LogP contribution in [0.25, 0.3) is 11.1 Å². The van der Waals surface area contributed by atoms with E-state index in [0.717, 1.165) is 27.8 Å². The molecular weight excluding hydrogens is 518 g/mol. The number of amides is 2. The predicted molar refractivity (Wildman–Crippen MR) is 162 cm³/mol. The number of aromatic carboxylic acids is 1. The zero-order chi connectivity index (χ0) is 30.5. The summed E-state index contributed by atoms with van der Waals surface area (Å²) in [4.78, 5) is 35.0. The van der Waals surface area contributed by atoms with E-state index in [1.165, 1.54) is 0 Å². The molecule has 0 bridgehead atoms. The minimum atomic E-state index is -0.965. The van der Waals surface area contributed by atoms with Crippen molar-refractivity contribution in [3.05, 3.63) is 94.5 Å². The van der Waals surface area contributed by atoms with E-state index in [2.05, 4.69) is 0 Å². The van der Waals surface area contributed by atoms with Gasteiger partial charge in [0.2, 0.25) is 11.8 Å². The van der Waals surface area contributed by atoms with Crippen LogP contribution in [0, 0.1) is 6.92 Å². The van der Waals surface area contributed by atoms with Crippen LogP contribution in [-0.4, -0.2) is 57.6 Å². The Morgan fingerprint density at radius 2 is 1.59 bits per heavy atom. The van der Waals surface area contributed by atoms with Gasteiger partial charge in [0.05, 0.1) is 11.7 Å². The number of aliphatic hydroxyl groups excluding tert-OH is 1. The van der Waals surface area contributed by atoms with Gasteiger partial charge in [-0.15, -0.1) is 0 Å². The van der Waals surface area contributed by atoms with Gasteiger partial charge in [0.25, 0.3) is 0 Å². The van der Waals surface area contributed by atoms with Crippen LogP contribution in [-0.2, 0) is 11.2 Å². The number of hydrazine groups is 1. The average Bonchev–Trinajstić information content (AvgIpc) is 3.35. The van der Waals surface area contributed by atoms with E-state index in [0.29, 0.717) is 44.5 Å². The number of carbonyl (C=O) groups excluding carboxylic acids is 2. The van der Waals surface area contributed by atoms with Crippen molar-refractivity contribution in [2.75, 3.05) is 19.6 Å². The van der Waals surface area contributed by atoms with Crippen LogP contribution in [0.15, 0.2) is 66.7 Å². The molecule has 41 heavy (non-hydrogen) atoms. The molecule has 1 aliphatic heterocycles. The first-order chi connectivity index (χ1) is 19.7. The monoisotopic (exact) mass is 561 g/mol. The van der Waals surface area contributed by atoms with Crippen LogP contribution in [0.4, 0.5) is 0 Å². The number of aryl methyl sites for hydroxylation is 1. The lowest BCUT2D eigenvalue weighted by Crippen LogP contribution is -2.41. The van der Waals surface area contributed by atoms with Crippen molar-refractivity contribution in [2.45, 2.75) is 60.0 Å². The number of benzene rings is 3. The first kappa shape index (κ1) is 33.2. The second kappa shape index (κ2) is 16.3. The lowest BCUT2D eigenvalue weighted by atomic mass is 9.95. The van der Waals surface area contributed by atoms with Gasteiger partial charge in [-0.2, -0.15) is 0 Å². The largest absolute Gasteiger partial charge is 0.478 e. The molecular formula is C33H43N3O5. The van der Waals surface area contributed by atoms with E-state index in [4.69, 9.17) is 10.8 Å². The molecule has 3 aromatic rings. The number of hydrogen-bond donors (Lipinski definition) is 3. The molecule has 0 aromatic heterocycles. The summed E-state index contributed by atoms with van der Waals surface area (Å²) in [6, 6.07) is 19.7. The Morgan fingerprint density at radius 3 is 2.20 bits per heavy atom. The Bertz CT molecular complexity index is 1310. The summed E-state index contributed by atoms with van der Waals surface area (Å²) >= 11 is 0. The van der Waals surface area contributed by atoms with E-state index >= 15 is 0 Å². The van der Waals surface area contributed by atoms with Crippen molar-refractivity contribution in [2.24, 2.45) is 5.73 Å². The molecule has 1 heterocycles. The first-order valence-corrected chi connectivity index (χ1v) is 14.3. The smallest absolute Gasteiger partial charge is 0.335 e. The second-order valence-electron chi connectivity index (χ2n) is 9.30. The maximum atomic E-state index is 12.5. The van der Waals surface area contributed by atoms with Crippen molar-refractivity contribution in [3.63, 3.8) is 0 Å². The molecule has 4 N–H and O–H groups in total. The summed E-state index contributed by atoms with van der Waals surface area (Å²) in [5, 5.41) is 23.7. The van der Waals surface area contributed by atoms with Crippen LogP contribution >= 0.6 is 0 Å². The topological polar surface area (TPSA) is 124 Å². The van der Waals surface area contributed by atoms with E-state index in [-0.39, 0.29) is 11.5 Å². The van der Waals surface area contributed by atoms with Gasteiger partial charge in [0.1, 0.15) is 0 Å². The summed E-state index contributed by atoms with van der Waals surface area (Å²) in [7, 11) is 0. The van der Waals surface area contributed by atoms with E-state index < -0.39 is 18.0 Å². The predicted octanol–water partition coefficient (Wildman–Crippen LogP) is 5.63. The van der Waals surface area contributed by atoms with Gasteiger partial charge in [0, 0.05) is 31.6 Å². The quantitative estimate of drug-likeness (QED) is 0.295. The molecule has 4 rings (SSSR count). The lowest BCUT2D eigenvalue weighted by molar-refractivity contribution is -0.138. The number of aliphatic hydroxyl groups is 1. The lowest BCUT2D eigenvalue weighted by Gasteiger charge is -2.29. The van der Waals surface area contributed by atoms with E-state index in [1.54, 1.807) is 41.4 Å². The minimum absolute atomic E-state index is 0.0496. The second-order valence-corrected chi connectivity index (χ2v) is 9.30. The molecule has 1 unspecified atom stereocenters. The molecule has 220 valence electrons. The highest BCUT2D eigenvalue weighted by molar-refractivity contribution is 5.93. The third kappa shape index (κ3) is 8.99. The molecule has 0 aliphatic carbocycles. The van der Waals surface area contributed by atoms with Crippen LogP contribution in [0.2, 0.25) is 0 Å². The van der Waals surface area contributed by atoms with Crippen LogP contribution in [0.3, 0.4) is 0 Å². The van der Waals surface area contributed by atoms with Gasteiger partial charge in [-0.3, -0.25) is 14.6 Å². The number of carboxylic acid groups (broad SMARTS) is 1. The third-order valence-corrected chi connectivity index (χ3v) is 6.78. The maximum Gasteiger partial charge on any atom is 0.335 e. The molecule has 0 spiro atoms. The van der Waals surface area contributed by atoms with E-state index in [1.807, 2.05) is 70.0 Å². The number of nitrogens with zero attached hydrogens (tertiary/aromatic N) is 2. The third-order valence-electron chi connectivity index (χ3n) is 6.78. The molecule has 1 saturated heterocycles. The Hall–Kier alpha value is -4.01. The molecule has 8 nitrogen and oxygen atoms in total. The average molecular weight is 562 g/mol. The molecule has 8 heteroatoms. The molecule has 1 fully saturated rings. The Balaban J connectivity index is 0.00000141. The molecule has 1 atom stereocenters. The van der Waals surface area contributed by atoms with Crippen LogP contribution in [0.5, 0.6) is 0 Å². The summed E-state index contributed by atoms with van der Waals surface area (Å²) in [5.41, 5.74) is 10.6. The fraction of sp³-hybridized carbons (Fsp3) is 0.364. The fourth-order valence-electron chi connectivity index (χ4n) is 4.67. The molecule has 1 aliphatic rings. The van der Waals surface area contributed by atoms with Crippen molar-refractivity contribution in [1.29, 1.82) is 0 Å². The summed E-state index contributed by atoms with van der Waals surface area (Å²) in [5.74, 6) is -1.38. The summed E-state index contributed by atoms with van der Waals surface area (Å²) < 4.78 is 0. The maximum absolute atomic E-state index is 12.5. The Labute approximate surface area is 243 Å². The SMILES string of the molecule is CC.CC.Cc1cc(C(N)=O)ccc1-c1cccc(C(O)CCN2CCC(=O)N2CCc2ccc(C(=O)O)cc2)c1. The van der Waals surface area contributed by atoms with Gasteiger partial charge < -0.3 is 15.9 Å². The fourth-order valence-corrected chi connectivity index (χ4v) is 4.67. The number of nitrogens with two attached hydrogens (primary N) is 1. The molecule has 3 aromatic carbocycles. The van der Waals surface area contributed by atoms with Gasteiger partial charge in [-0.25, -0.2) is 9.80 Å². The number of rotatable bonds is 10. The standard InChI is InChI=1S/C29H31N3O5.2C2H6/c1-19-17-24(28(30)35)9-10-25(19)22-3-2-4-23(18-22)26(33)12-14-31-15-13-27(34)32(31)16-11-20-5-7-21(8-6-20)29(36)37;2*1-2/h2-10,17-18,26,33H,11-16H2,1H3,(H2,30,35)(H,36,37);2*1-2H3. The van der Waals surface area contributed by atoms with Gasteiger partial charge in [0.15, 0.2) is 0 Å². The van der Waals surface area contributed by atoms with E-state index in [9.17, 15) is 19.5 Å². The highest BCUT2D eigenvalue weighted by atomic mass is 16.4. The van der Waals surface area contributed by atoms with Gasteiger partial charge in [-0.05, 0) is 77.9 Å². The van der Waals surface area contributed by atoms with Crippen LogP contribution < -0.4 is 5.73 Å². The molecule has 0 radical (unpaired) electrons. The number of primary amides is 1. The number of carboxylic acids is 1. The highest BCUT2D eigenvalue weighted by Crippen LogP contribution is 2.28. The Morgan fingerprint density at radius 1 is 0.927 bits per heavy atom. The van der Waals surface area contributed by atoms with Crippen LogP contribution in [0.1, 0.15) is 84.0 Å². The number of hydrogen-bond acceptors (Lipinski definition) is 5. The minimum Gasteiger partial charge on any atom is -0.478 e. The first-order valence-electron chi connectivity index (χ1n) is 14.3. The zero-order valence-electron chi connectivity index (χ0n) is 24.8. The van der Waals surface area contributed by atoms with Crippen molar-refractivity contribution in [1.82, 2.24) is 10.0 Å². The zero-order valence-corrected chi connectivity index (χ0v) is 24.8. The Kier molecular flexibility index (Phi) is 13.2.